The van der Waals surface area contributed by atoms with E-state index in [0.717, 1.165) is 17.5 Å². The van der Waals surface area contributed by atoms with Gasteiger partial charge < -0.3 is 15.0 Å². The zero-order chi connectivity index (χ0) is 21.2. The molecule has 0 aliphatic rings. The average Bonchev–Trinajstić information content (AvgIpc) is 2.72. The van der Waals surface area contributed by atoms with Crippen LogP contribution in [0.2, 0.25) is 5.02 Å². The molecule has 0 heterocycles. The number of carbonyl (C=O) groups excluding carboxylic acids is 2. The Bertz CT molecular complexity index is 791. The van der Waals surface area contributed by atoms with Gasteiger partial charge in [0.1, 0.15) is 11.8 Å². The highest BCUT2D eigenvalue weighted by Crippen LogP contribution is 2.17. The number of hydrogen-bond donors (Lipinski definition) is 1. The molecule has 0 aromatic heterocycles. The van der Waals surface area contributed by atoms with Crippen LogP contribution < -0.4 is 10.1 Å². The van der Waals surface area contributed by atoms with Crippen molar-refractivity contribution in [3.8, 4) is 5.75 Å². The van der Waals surface area contributed by atoms with Crippen molar-refractivity contribution in [3.63, 3.8) is 0 Å². The highest BCUT2D eigenvalue weighted by Gasteiger charge is 2.28. The van der Waals surface area contributed by atoms with Crippen LogP contribution in [0.15, 0.2) is 48.5 Å². The molecule has 6 heteroatoms. The summed E-state index contributed by atoms with van der Waals surface area (Å²) in [5.41, 5.74) is 2.02. The molecule has 0 saturated heterocycles. The number of hydrogen-bond acceptors (Lipinski definition) is 3. The van der Waals surface area contributed by atoms with E-state index in [0.29, 0.717) is 30.3 Å². The van der Waals surface area contributed by atoms with Crippen LogP contribution in [-0.2, 0) is 16.1 Å². The predicted molar refractivity (Wildman–Crippen MR) is 116 cm³/mol. The quantitative estimate of drug-likeness (QED) is 0.626. The summed E-state index contributed by atoms with van der Waals surface area (Å²) < 4.78 is 5.67. The standard InChI is InChI=1S/C23H29ClN2O3/c1-4-14-25-23(28)21(5-2)26(15-18-8-10-19(24)11-9-18)22(27)16-29-20-12-6-17(3)7-13-20/h6-13,21H,4-5,14-16H2,1-3H3,(H,25,28)/t21-/m0/s1. The van der Waals surface area contributed by atoms with E-state index in [1.807, 2.05) is 57.2 Å². The van der Waals surface area contributed by atoms with Gasteiger partial charge in [-0.2, -0.15) is 0 Å². The van der Waals surface area contributed by atoms with E-state index in [1.165, 1.54) is 0 Å². The fourth-order valence-corrected chi connectivity index (χ4v) is 3.06. The molecule has 0 unspecified atom stereocenters. The van der Waals surface area contributed by atoms with Crippen molar-refractivity contribution in [2.24, 2.45) is 0 Å². The summed E-state index contributed by atoms with van der Waals surface area (Å²) in [6, 6.07) is 14.2. The summed E-state index contributed by atoms with van der Waals surface area (Å²) >= 11 is 5.97. The summed E-state index contributed by atoms with van der Waals surface area (Å²) in [6.45, 7) is 6.65. The number of nitrogens with zero attached hydrogens (tertiary/aromatic N) is 1. The third-order valence-corrected chi connectivity index (χ3v) is 4.84. The van der Waals surface area contributed by atoms with Crippen LogP contribution in [0, 0.1) is 6.92 Å². The van der Waals surface area contributed by atoms with Crippen LogP contribution in [0.25, 0.3) is 0 Å². The van der Waals surface area contributed by atoms with Gasteiger partial charge in [-0.25, -0.2) is 0 Å². The molecular weight excluding hydrogens is 388 g/mol. The first-order valence-corrected chi connectivity index (χ1v) is 10.3. The van der Waals surface area contributed by atoms with Crippen LogP contribution in [0.1, 0.15) is 37.8 Å². The van der Waals surface area contributed by atoms with Crippen LogP contribution in [0.5, 0.6) is 5.75 Å². The number of benzene rings is 2. The lowest BCUT2D eigenvalue weighted by Crippen LogP contribution is -2.50. The molecule has 2 amide bonds. The number of halogens is 1. The zero-order valence-corrected chi connectivity index (χ0v) is 18.0. The Morgan fingerprint density at radius 2 is 1.72 bits per heavy atom. The molecule has 156 valence electrons. The number of carbonyl (C=O) groups is 2. The minimum Gasteiger partial charge on any atom is -0.484 e. The van der Waals surface area contributed by atoms with Gasteiger partial charge in [-0.15, -0.1) is 0 Å². The molecule has 0 bridgehead atoms. The normalized spacial score (nSPS) is 11.6. The highest BCUT2D eigenvalue weighted by molar-refractivity contribution is 6.30. The summed E-state index contributed by atoms with van der Waals surface area (Å²) in [5.74, 6) is 0.241. The molecule has 2 aromatic carbocycles. The first-order valence-electron chi connectivity index (χ1n) is 9.95. The van der Waals surface area contributed by atoms with Crippen molar-refractivity contribution in [1.82, 2.24) is 10.2 Å². The molecule has 0 radical (unpaired) electrons. The Morgan fingerprint density at radius 1 is 1.07 bits per heavy atom. The Balaban J connectivity index is 2.16. The van der Waals surface area contributed by atoms with Gasteiger partial charge in [0.2, 0.25) is 5.91 Å². The van der Waals surface area contributed by atoms with Crippen molar-refractivity contribution in [2.45, 2.75) is 46.2 Å². The lowest BCUT2D eigenvalue weighted by Gasteiger charge is -2.30. The van der Waals surface area contributed by atoms with E-state index in [2.05, 4.69) is 5.32 Å². The summed E-state index contributed by atoms with van der Waals surface area (Å²) in [6.07, 6.45) is 1.35. The van der Waals surface area contributed by atoms with E-state index in [4.69, 9.17) is 16.3 Å². The van der Waals surface area contributed by atoms with E-state index in [9.17, 15) is 9.59 Å². The molecule has 2 aromatic rings. The number of amides is 2. The summed E-state index contributed by atoms with van der Waals surface area (Å²) in [4.78, 5) is 27.3. The molecule has 1 N–H and O–H groups in total. The maximum Gasteiger partial charge on any atom is 0.261 e. The van der Waals surface area contributed by atoms with E-state index < -0.39 is 6.04 Å². The van der Waals surface area contributed by atoms with Gasteiger partial charge in [0.25, 0.3) is 5.91 Å². The van der Waals surface area contributed by atoms with Gasteiger partial charge in [0, 0.05) is 18.1 Å². The van der Waals surface area contributed by atoms with Gasteiger partial charge in [0.15, 0.2) is 6.61 Å². The fourth-order valence-electron chi connectivity index (χ4n) is 2.93. The second kappa shape index (κ2) is 11.5. The maximum atomic E-state index is 13.0. The Labute approximate surface area is 178 Å². The average molecular weight is 417 g/mol. The molecule has 0 aliphatic heterocycles. The van der Waals surface area contributed by atoms with Crippen LogP contribution >= 0.6 is 11.6 Å². The minimum atomic E-state index is -0.564. The summed E-state index contributed by atoms with van der Waals surface area (Å²) in [5, 5.41) is 3.53. The topological polar surface area (TPSA) is 58.6 Å². The number of nitrogens with one attached hydrogen (secondary N) is 1. The Hall–Kier alpha value is -2.53. The second-order valence-corrected chi connectivity index (χ2v) is 7.40. The minimum absolute atomic E-state index is 0.131. The maximum absolute atomic E-state index is 13.0. The summed E-state index contributed by atoms with van der Waals surface area (Å²) in [7, 11) is 0. The zero-order valence-electron chi connectivity index (χ0n) is 17.3. The van der Waals surface area contributed by atoms with Crippen molar-refractivity contribution >= 4 is 23.4 Å². The molecule has 0 saturated carbocycles. The molecule has 1 atom stereocenters. The van der Waals surface area contributed by atoms with E-state index >= 15 is 0 Å². The van der Waals surface area contributed by atoms with Crippen LogP contribution in [0.4, 0.5) is 0 Å². The SMILES string of the molecule is CCCNC(=O)[C@H](CC)N(Cc1ccc(Cl)cc1)C(=O)COc1ccc(C)cc1. The highest BCUT2D eigenvalue weighted by atomic mass is 35.5. The number of ether oxygens (including phenoxy) is 1. The van der Waals surface area contributed by atoms with Crippen molar-refractivity contribution in [1.29, 1.82) is 0 Å². The Kier molecular flexibility index (Phi) is 9.00. The number of rotatable bonds is 10. The first kappa shape index (κ1) is 22.8. The van der Waals surface area contributed by atoms with Crippen molar-refractivity contribution < 1.29 is 14.3 Å². The smallest absolute Gasteiger partial charge is 0.261 e. The largest absolute Gasteiger partial charge is 0.484 e. The van der Waals surface area contributed by atoms with Gasteiger partial charge in [0.05, 0.1) is 0 Å². The van der Waals surface area contributed by atoms with Gasteiger partial charge in [-0.05, 0) is 49.6 Å². The van der Waals surface area contributed by atoms with E-state index in [1.54, 1.807) is 17.0 Å². The number of aryl methyl sites for hydroxylation is 1. The second-order valence-electron chi connectivity index (χ2n) is 6.96. The molecule has 29 heavy (non-hydrogen) atoms. The van der Waals surface area contributed by atoms with Crippen LogP contribution in [0.3, 0.4) is 0 Å². The molecule has 0 aliphatic carbocycles. The predicted octanol–water partition coefficient (Wildman–Crippen LogP) is 4.36. The molecule has 2 rings (SSSR count). The monoisotopic (exact) mass is 416 g/mol. The lowest BCUT2D eigenvalue weighted by atomic mass is 10.1. The lowest BCUT2D eigenvalue weighted by molar-refractivity contribution is -0.143. The fraction of sp³-hybridized carbons (Fsp3) is 0.391. The Morgan fingerprint density at radius 3 is 2.31 bits per heavy atom. The van der Waals surface area contributed by atoms with Crippen LogP contribution in [-0.4, -0.2) is 35.9 Å². The van der Waals surface area contributed by atoms with Crippen molar-refractivity contribution in [3.05, 3.63) is 64.7 Å². The van der Waals surface area contributed by atoms with Gasteiger partial charge in [-0.1, -0.05) is 55.3 Å². The molecule has 0 spiro atoms. The van der Waals surface area contributed by atoms with Gasteiger partial charge in [-0.3, -0.25) is 9.59 Å². The first-order chi connectivity index (χ1) is 13.9. The third-order valence-electron chi connectivity index (χ3n) is 4.58. The molecular formula is C23H29ClN2O3. The van der Waals surface area contributed by atoms with E-state index in [-0.39, 0.29) is 18.4 Å². The third kappa shape index (κ3) is 7.09. The van der Waals surface area contributed by atoms with Gasteiger partial charge >= 0.3 is 0 Å². The molecule has 0 fully saturated rings. The van der Waals surface area contributed by atoms with Crippen molar-refractivity contribution in [2.75, 3.05) is 13.2 Å². The molecule has 5 nitrogen and oxygen atoms in total.